The van der Waals surface area contributed by atoms with E-state index in [9.17, 15) is 13.2 Å². The van der Waals surface area contributed by atoms with Crippen molar-refractivity contribution in [2.45, 2.75) is 4.90 Å². The minimum atomic E-state index is -3.91. The SMILES string of the molecule is O=C(Nc1ccc(S(=O)(=O)Cl)c(Cl)c1)c1cccc(I)c1. The van der Waals surface area contributed by atoms with E-state index >= 15 is 0 Å². The van der Waals surface area contributed by atoms with E-state index in [0.29, 0.717) is 11.3 Å². The molecule has 2 rings (SSSR count). The Balaban J connectivity index is 2.25. The van der Waals surface area contributed by atoms with Crippen molar-refractivity contribution in [2.75, 3.05) is 5.32 Å². The average molecular weight is 456 g/mol. The van der Waals surface area contributed by atoms with Crippen LogP contribution in [0.15, 0.2) is 47.4 Å². The van der Waals surface area contributed by atoms with Gasteiger partial charge in [-0.2, -0.15) is 0 Å². The van der Waals surface area contributed by atoms with Gasteiger partial charge in [-0.1, -0.05) is 17.7 Å². The van der Waals surface area contributed by atoms with Gasteiger partial charge in [0, 0.05) is 25.5 Å². The molecule has 0 aliphatic rings. The minimum absolute atomic E-state index is 0.0505. The number of hydrogen-bond donors (Lipinski definition) is 1. The predicted molar refractivity (Wildman–Crippen MR) is 91.6 cm³/mol. The van der Waals surface area contributed by atoms with Gasteiger partial charge < -0.3 is 5.32 Å². The van der Waals surface area contributed by atoms with Crippen molar-refractivity contribution < 1.29 is 13.2 Å². The van der Waals surface area contributed by atoms with E-state index in [2.05, 4.69) is 27.9 Å². The van der Waals surface area contributed by atoms with E-state index in [1.165, 1.54) is 18.2 Å². The van der Waals surface area contributed by atoms with Crippen LogP contribution in [0.4, 0.5) is 5.69 Å². The van der Waals surface area contributed by atoms with Gasteiger partial charge in [-0.3, -0.25) is 4.79 Å². The van der Waals surface area contributed by atoms with Crippen LogP contribution in [0, 0.1) is 3.57 Å². The lowest BCUT2D eigenvalue weighted by molar-refractivity contribution is 0.102. The molecule has 1 N–H and O–H groups in total. The normalized spacial score (nSPS) is 11.2. The second kappa shape index (κ2) is 6.51. The van der Waals surface area contributed by atoms with Crippen molar-refractivity contribution in [1.82, 2.24) is 0 Å². The highest BCUT2D eigenvalue weighted by molar-refractivity contribution is 14.1. The van der Waals surface area contributed by atoms with Gasteiger partial charge in [-0.05, 0) is 59.0 Å². The van der Waals surface area contributed by atoms with Gasteiger partial charge in [0.1, 0.15) is 4.90 Å². The lowest BCUT2D eigenvalue weighted by atomic mass is 10.2. The third-order valence-electron chi connectivity index (χ3n) is 2.54. The van der Waals surface area contributed by atoms with Crippen molar-refractivity contribution in [2.24, 2.45) is 0 Å². The fourth-order valence-electron chi connectivity index (χ4n) is 1.61. The molecule has 0 fully saturated rings. The summed E-state index contributed by atoms with van der Waals surface area (Å²) in [4.78, 5) is 11.9. The lowest BCUT2D eigenvalue weighted by Crippen LogP contribution is -2.12. The minimum Gasteiger partial charge on any atom is -0.322 e. The van der Waals surface area contributed by atoms with Crippen LogP contribution in [0.5, 0.6) is 0 Å². The van der Waals surface area contributed by atoms with Gasteiger partial charge in [-0.15, -0.1) is 0 Å². The van der Waals surface area contributed by atoms with Crippen LogP contribution in [0.3, 0.4) is 0 Å². The summed E-state index contributed by atoms with van der Waals surface area (Å²) in [7, 11) is 1.32. The van der Waals surface area contributed by atoms with Crippen molar-refractivity contribution in [3.8, 4) is 0 Å². The van der Waals surface area contributed by atoms with Crippen LogP contribution < -0.4 is 5.32 Å². The predicted octanol–water partition coefficient (Wildman–Crippen LogP) is 4.12. The maximum atomic E-state index is 12.1. The quantitative estimate of drug-likeness (QED) is 0.559. The third kappa shape index (κ3) is 4.32. The first-order valence-corrected chi connectivity index (χ1v) is 9.35. The van der Waals surface area contributed by atoms with Gasteiger partial charge in [-0.25, -0.2) is 8.42 Å². The molecule has 0 unspecified atom stereocenters. The molecule has 110 valence electrons. The van der Waals surface area contributed by atoms with E-state index in [1.807, 2.05) is 6.07 Å². The third-order valence-corrected chi connectivity index (χ3v) is 5.02. The summed E-state index contributed by atoms with van der Waals surface area (Å²) in [5.41, 5.74) is 0.875. The van der Waals surface area contributed by atoms with Gasteiger partial charge in [0.25, 0.3) is 15.0 Å². The molecule has 1 amide bonds. The Hall–Kier alpha value is -0.830. The van der Waals surface area contributed by atoms with Crippen LogP contribution in [-0.4, -0.2) is 14.3 Å². The fraction of sp³-hybridized carbons (Fsp3) is 0. The van der Waals surface area contributed by atoms with Gasteiger partial charge in [0.15, 0.2) is 0 Å². The molecule has 2 aromatic rings. The van der Waals surface area contributed by atoms with Gasteiger partial charge >= 0.3 is 0 Å². The molecule has 0 bridgehead atoms. The maximum Gasteiger partial charge on any atom is 0.262 e. The van der Waals surface area contributed by atoms with E-state index in [-0.39, 0.29) is 15.8 Å². The number of nitrogens with one attached hydrogen (secondary N) is 1. The first kappa shape index (κ1) is 16.5. The molecule has 0 radical (unpaired) electrons. The Bertz CT molecular complexity index is 809. The Morgan fingerprint density at radius 2 is 1.86 bits per heavy atom. The number of carbonyl (C=O) groups excluding carboxylic acids is 1. The molecule has 0 saturated heterocycles. The smallest absolute Gasteiger partial charge is 0.262 e. The number of amides is 1. The Morgan fingerprint density at radius 1 is 1.14 bits per heavy atom. The Morgan fingerprint density at radius 3 is 2.43 bits per heavy atom. The maximum absolute atomic E-state index is 12.1. The highest BCUT2D eigenvalue weighted by atomic mass is 127. The monoisotopic (exact) mass is 455 g/mol. The summed E-state index contributed by atoms with van der Waals surface area (Å²) in [6.45, 7) is 0. The molecule has 8 heteroatoms. The number of benzene rings is 2. The van der Waals surface area contributed by atoms with Crippen molar-refractivity contribution >= 4 is 65.5 Å². The van der Waals surface area contributed by atoms with E-state index < -0.39 is 9.05 Å². The summed E-state index contributed by atoms with van der Waals surface area (Å²) in [5, 5.41) is 2.59. The highest BCUT2D eigenvalue weighted by Gasteiger charge is 2.15. The van der Waals surface area contributed by atoms with E-state index in [0.717, 1.165) is 3.57 Å². The molecule has 2 aromatic carbocycles. The molecule has 0 saturated carbocycles. The molecular weight excluding hydrogens is 448 g/mol. The van der Waals surface area contributed by atoms with Crippen molar-refractivity contribution in [3.05, 3.63) is 56.6 Å². The summed E-state index contributed by atoms with van der Waals surface area (Å²) >= 11 is 7.96. The molecular formula is C13H8Cl2INO3S. The number of rotatable bonds is 3. The topological polar surface area (TPSA) is 63.2 Å². The molecule has 4 nitrogen and oxygen atoms in total. The highest BCUT2D eigenvalue weighted by Crippen LogP contribution is 2.27. The fourth-order valence-corrected chi connectivity index (χ4v) is 3.68. The van der Waals surface area contributed by atoms with E-state index in [4.69, 9.17) is 22.3 Å². The first-order chi connectivity index (χ1) is 9.77. The molecule has 0 spiro atoms. The lowest BCUT2D eigenvalue weighted by Gasteiger charge is -2.07. The summed E-state index contributed by atoms with van der Waals surface area (Å²) < 4.78 is 23.4. The van der Waals surface area contributed by atoms with Crippen LogP contribution in [-0.2, 0) is 9.05 Å². The van der Waals surface area contributed by atoms with Crippen LogP contribution in [0.25, 0.3) is 0 Å². The van der Waals surface area contributed by atoms with Crippen molar-refractivity contribution in [3.63, 3.8) is 0 Å². The Labute approximate surface area is 145 Å². The Kier molecular flexibility index (Phi) is 5.13. The molecule has 21 heavy (non-hydrogen) atoms. The van der Waals surface area contributed by atoms with Gasteiger partial charge in [0.2, 0.25) is 0 Å². The number of carbonyl (C=O) groups is 1. The zero-order chi connectivity index (χ0) is 15.6. The van der Waals surface area contributed by atoms with E-state index in [1.54, 1.807) is 18.2 Å². The average Bonchev–Trinajstić information content (AvgIpc) is 2.37. The zero-order valence-electron chi connectivity index (χ0n) is 10.3. The van der Waals surface area contributed by atoms with Crippen molar-refractivity contribution in [1.29, 1.82) is 0 Å². The molecule has 0 aliphatic carbocycles. The van der Waals surface area contributed by atoms with Crippen LogP contribution in [0.2, 0.25) is 5.02 Å². The van der Waals surface area contributed by atoms with Gasteiger partial charge in [0.05, 0.1) is 5.02 Å². The van der Waals surface area contributed by atoms with Crippen LogP contribution >= 0.6 is 44.9 Å². The molecule has 0 atom stereocenters. The summed E-state index contributed by atoms with van der Waals surface area (Å²) in [5.74, 6) is -0.314. The standard InChI is InChI=1S/C13H8Cl2INO3S/c14-11-7-10(4-5-12(11)21(15,19)20)17-13(18)8-2-1-3-9(16)6-8/h1-7H,(H,17,18). The van der Waals surface area contributed by atoms with Crippen LogP contribution in [0.1, 0.15) is 10.4 Å². The molecule has 0 aliphatic heterocycles. The largest absolute Gasteiger partial charge is 0.322 e. The number of halogens is 3. The second-order valence-corrected chi connectivity index (χ2v) is 8.23. The molecule has 0 aromatic heterocycles. The number of hydrogen-bond acceptors (Lipinski definition) is 3. The number of anilines is 1. The summed E-state index contributed by atoms with van der Waals surface area (Å²) in [6.07, 6.45) is 0. The first-order valence-electron chi connectivity index (χ1n) is 5.58. The molecule has 0 heterocycles. The second-order valence-electron chi connectivity index (χ2n) is 4.05. The zero-order valence-corrected chi connectivity index (χ0v) is 14.8. The summed E-state index contributed by atoms with van der Waals surface area (Å²) in [6, 6.07) is 11.1.